The molecule has 1 unspecified atom stereocenters. The Labute approximate surface area is 133 Å². The molecule has 21 heavy (non-hydrogen) atoms. The van der Waals surface area contributed by atoms with Crippen LogP contribution in [0.5, 0.6) is 5.75 Å². The van der Waals surface area contributed by atoms with E-state index in [1.807, 2.05) is 36.4 Å². The molecule has 0 fully saturated rings. The highest BCUT2D eigenvalue weighted by Gasteiger charge is 2.20. The van der Waals surface area contributed by atoms with Crippen LogP contribution in [0, 0.1) is 0 Å². The number of thioether (sulfide) groups is 1. The lowest BCUT2D eigenvalue weighted by Crippen LogP contribution is -2.05. The topological polar surface area (TPSA) is 33.6 Å². The average Bonchev–Trinajstić information content (AvgIpc) is 2.99. The first-order valence-corrected chi connectivity index (χ1v) is 7.99. The van der Waals surface area contributed by atoms with E-state index in [-0.39, 0.29) is 6.04 Å². The van der Waals surface area contributed by atoms with E-state index in [0.29, 0.717) is 5.02 Å². The van der Waals surface area contributed by atoms with Crippen LogP contribution in [0.4, 0.5) is 5.69 Å². The number of rotatable bonds is 3. The van der Waals surface area contributed by atoms with Crippen molar-refractivity contribution in [2.75, 3.05) is 18.2 Å². The largest absolute Gasteiger partial charge is 0.497 e. The number of amidine groups is 1. The van der Waals surface area contributed by atoms with Gasteiger partial charge < -0.3 is 10.1 Å². The second-order valence-electron chi connectivity index (χ2n) is 4.64. The van der Waals surface area contributed by atoms with Gasteiger partial charge in [-0.25, -0.2) is 0 Å². The third-order valence-electron chi connectivity index (χ3n) is 3.25. The molecule has 1 N–H and O–H groups in total. The number of hydrogen-bond acceptors (Lipinski definition) is 4. The van der Waals surface area contributed by atoms with Crippen molar-refractivity contribution < 1.29 is 4.74 Å². The van der Waals surface area contributed by atoms with Crippen LogP contribution in [0.1, 0.15) is 11.6 Å². The zero-order valence-corrected chi connectivity index (χ0v) is 13.1. The van der Waals surface area contributed by atoms with Gasteiger partial charge in [0.15, 0.2) is 5.17 Å². The number of aliphatic imine (C=N–C) groups is 1. The van der Waals surface area contributed by atoms with Gasteiger partial charge in [0.05, 0.1) is 23.9 Å². The van der Waals surface area contributed by atoms with Crippen molar-refractivity contribution >= 4 is 34.2 Å². The first kappa shape index (κ1) is 14.3. The number of anilines is 1. The summed E-state index contributed by atoms with van der Waals surface area (Å²) >= 11 is 7.90. The lowest BCUT2D eigenvalue weighted by Gasteiger charge is -2.09. The van der Waals surface area contributed by atoms with Crippen LogP contribution in [0.2, 0.25) is 5.02 Å². The summed E-state index contributed by atoms with van der Waals surface area (Å²) in [5.74, 6) is 1.71. The molecule has 0 spiro atoms. The van der Waals surface area contributed by atoms with Crippen molar-refractivity contribution in [2.24, 2.45) is 4.99 Å². The van der Waals surface area contributed by atoms with E-state index in [1.165, 1.54) is 5.56 Å². The Hall–Kier alpha value is -1.65. The smallest absolute Gasteiger partial charge is 0.161 e. The molecule has 1 aliphatic heterocycles. The second kappa shape index (κ2) is 6.41. The van der Waals surface area contributed by atoms with Gasteiger partial charge in [-0.3, -0.25) is 4.99 Å². The monoisotopic (exact) mass is 318 g/mol. The van der Waals surface area contributed by atoms with Crippen molar-refractivity contribution in [1.29, 1.82) is 0 Å². The van der Waals surface area contributed by atoms with E-state index in [4.69, 9.17) is 21.3 Å². The summed E-state index contributed by atoms with van der Waals surface area (Å²) in [6.45, 7) is 0. The Morgan fingerprint density at radius 2 is 2.05 bits per heavy atom. The first-order chi connectivity index (χ1) is 10.3. The van der Waals surface area contributed by atoms with E-state index in [9.17, 15) is 0 Å². The highest BCUT2D eigenvalue weighted by Crippen LogP contribution is 2.33. The molecule has 0 saturated heterocycles. The third kappa shape index (κ3) is 3.34. The Bertz CT molecular complexity index is 661. The Morgan fingerprint density at radius 3 is 2.81 bits per heavy atom. The number of halogens is 1. The maximum atomic E-state index is 6.20. The molecule has 0 bridgehead atoms. The quantitative estimate of drug-likeness (QED) is 0.897. The Kier molecular flexibility index (Phi) is 4.36. The maximum absolute atomic E-state index is 6.20. The van der Waals surface area contributed by atoms with Crippen LogP contribution >= 0.6 is 23.4 Å². The summed E-state index contributed by atoms with van der Waals surface area (Å²) in [5.41, 5.74) is 2.05. The molecule has 1 heterocycles. The van der Waals surface area contributed by atoms with Crippen LogP contribution < -0.4 is 10.1 Å². The lowest BCUT2D eigenvalue weighted by atomic mass is 10.1. The van der Waals surface area contributed by atoms with E-state index in [2.05, 4.69) is 17.4 Å². The first-order valence-electron chi connectivity index (χ1n) is 6.62. The van der Waals surface area contributed by atoms with Gasteiger partial charge in [0, 0.05) is 11.8 Å². The molecule has 108 valence electrons. The minimum atomic E-state index is 0.197. The fraction of sp³-hybridized carbons (Fsp3) is 0.188. The Balaban J connectivity index is 1.77. The normalized spacial score (nSPS) is 17.4. The van der Waals surface area contributed by atoms with Crippen LogP contribution in [-0.4, -0.2) is 18.0 Å². The van der Waals surface area contributed by atoms with Crippen LogP contribution in [-0.2, 0) is 0 Å². The molecule has 5 heteroatoms. The number of benzene rings is 2. The molecule has 0 aromatic heterocycles. The van der Waals surface area contributed by atoms with Crippen LogP contribution in [0.3, 0.4) is 0 Å². The summed E-state index contributed by atoms with van der Waals surface area (Å²) in [6, 6.07) is 16.0. The molecule has 1 aliphatic rings. The van der Waals surface area contributed by atoms with Gasteiger partial charge >= 0.3 is 0 Å². The lowest BCUT2D eigenvalue weighted by molar-refractivity contribution is 0.415. The number of ether oxygens (including phenoxy) is 1. The number of hydrogen-bond donors (Lipinski definition) is 1. The second-order valence-corrected chi connectivity index (χ2v) is 6.06. The SMILES string of the molecule is COc1ccc(Cl)c(NC2=NC(c3ccccc3)CS2)c1. The Morgan fingerprint density at radius 1 is 1.24 bits per heavy atom. The van der Waals surface area contributed by atoms with Crippen LogP contribution in [0.15, 0.2) is 53.5 Å². The zero-order valence-electron chi connectivity index (χ0n) is 11.5. The van der Waals surface area contributed by atoms with Gasteiger partial charge in [-0.15, -0.1) is 0 Å². The van der Waals surface area contributed by atoms with Crippen molar-refractivity contribution in [1.82, 2.24) is 0 Å². The zero-order chi connectivity index (χ0) is 14.7. The molecule has 3 nitrogen and oxygen atoms in total. The number of nitrogens with zero attached hydrogens (tertiary/aromatic N) is 1. The highest BCUT2D eigenvalue weighted by molar-refractivity contribution is 8.14. The molecule has 0 radical (unpaired) electrons. The summed E-state index contributed by atoms with van der Waals surface area (Å²) in [7, 11) is 1.64. The van der Waals surface area contributed by atoms with E-state index >= 15 is 0 Å². The number of nitrogens with one attached hydrogen (secondary N) is 1. The van der Waals surface area contributed by atoms with Crippen molar-refractivity contribution in [3.63, 3.8) is 0 Å². The molecule has 2 aromatic rings. The minimum absolute atomic E-state index is 0.197. The highest BCUT2D eigenvalue weighted by atomic mass is 35.5. The van der Waals surface area contributed by atoms with Gasteiger partial charge in [-0.2, -0.15) is 0 Å². The summed E-state index contributed by atoms with van der Waals surface area (Å²) in [6.07, 6.45) is 0. The average molecular weight is 319 g/mol. The maximum Gasteiger partial charge on any atom is 0.161 e. The fourth-order valence-corrected chi connectivity index (χ4v) is 3.26. The number of methoxy groups -OCH3 is 1. The van der Waals surface area contributed by atoms with Gasteiger partial charge in [0.25, 0.3) is 0 Å². The van der Waals surface area contributed by atoms with Gasteiger partial charge in [0.2, 0.25) is 0 Å². The minimum Gasteiger partial charge on any atom is -0.497 e. The molecular formula is C16H15ClN2OS. The van der Waals surface area contributed by atoms with E-state index in [0.717, 1.165) is 22.4 Å². The van der Waals surface area contributed by atoms with Gasteiger partial charge in [0.1, 0.15) is 5.75 Å². The molecular weight excluding hydrogens is 304 g/mol. The van der Waals surface area contributed by atoms with Crippen molar-refractivity contribution in [2.45, 2.75) is 6.04 Å². The molecule has 1 atom stereocenters. The predicted octanol–water partition coefficient (Wildman–Crippen LogP) is 4.60. The third-order valence-corrected chi connectivity index (χ3v) is 4.54. The molecule has 3 rings (SSSR count). The summed E-state index contributed by atoms with van der Waals surface area (Å²) < 4.78 is 5.22. The summed E-state index contributed by atoms with van der Waals surface area (Å²) in [4.78, 5) is 4.72. The standard InChI is InChI=1S/C16H15ClN2OS/c1-20-12-7-8-13(17)14(9-12)18-16-19-15(10-21-16)11-5-3-2-4-6-11/h2-9,15H,10H2,1H3,(H,18,19). The molecule has 0 amide bonds. The van der Waals surface area contributed by atoms with Gasteiger partial charge in [-0.05, 0) is 17.7 Å². The van der Waals surface area contributed by atoms with E-state index < -0.39 is 0 Å². The fourth-order valence-electron chi connectivity index (χ4n) is 2.13. The van der Waals surface area contributed by atoms with Gasteiger partial charge in [-0.1, -0.05) is 53.7 Å². The van der Waals surface area contributed by atoms with E-state index in [1.54, 1.807) is 18.9 Å². The van der Waals surface area contributed by atoms with Crippen molar-refractivity contribution in [3.8, 4) is 5.75 Å². The van der Waals surface area contributed by atoms with Crippen molar-refractivity contribution in [3.05, 3.63) is 59.1 Å². The van der Waals surface area contributed by atoms with Crippen LogP contribution in [0.25, 0.3) is 0 Å². The summed E-state index contributed by atoms with van der Waals surface area (Å²) in [5, 5.41) is 4.83. The predicted molar refractivity (Wildman–Crippen MR) is 90.7 cm³/mol. The molecule has 0 aliphatic carbocycles. The molecule has 2 aromatic carbocycles. The molecule has 0 saturated carbocycles.